The van der Waals surface area contributed by atoms with Crippen LogP contribution in [0.4, 0.5) is 4.39 Å². The number of sulfonamides is 1. The van der Waals surface area contributed by atoms with E-state index in [1.807, 2.05) is 4.72 Å². The quantitative estimate of drug-likeness (QED) is 0.649. The van der Waals surface area contributed by atoms with Crippen LogP contribution in [-0.2, 0) is 10.0 Å². The fourth-order valence-corrected chi connectivity index (χ4v) is 2.11. The molecule has 0 aliphatic heterocycles. The molecule has 0 saturated heterocycles. The highest BCUT2D eigenvalue weighted by atomic mass is 32.2. The van der Waals surface area contributed by atoms with Crippen molar-refractivity contribution in [3.63, 3.8) is 0 Å². The van der Waals surface area contributed by atoms with E-state index in [0.29, 0.717) is 0 Å². The molecule has 17 heavy (non-hydrogen) atoms. The lowest BCUT2D eigenvalue weighted by Gasteiger charge is -2.20. The Balaban J connectivity index is 2.88. The summed E-state index contributed by atoms with van der Waals surface area (Å²) < 4.78 is 38.4. The molecule has 1 aromatic heterocycles. The molecule has 0 aliphatic rings. The van der Waals surface area contributed by atoms with Crippen LogP contribution in [0.2, 0.25) is 0 Å². The van der Waals surface area contributed by atoms with Crippen molar-refractivity contribution in [1.82, 2.24) is 9.71 Å². The predicted molar refractivity (Wildman–Crippen MR) is 57.1 cm³/mol. The van der Waals surface area contributed by atoms with E-state index in [1.54, 1.807) is 0 Å². The first-order chi connectivity index (χ1) is 7.78. The van der Waals surface area contributed by atoms with Crippen molar-refractivity contribution in [2.75, 3.05) is 13.2 Å². The molecule has 0 spiro atoms. The fourth-order valence-electron chi connectivity index (χ4n) is 0.944. The van der Waals surface area contributed by atoms with E-state index in [4.69, 9.17) is 5.11 Å². The zero-order chi connectivity index (χ0) is 13.1. The first-order valence-corrected chi connectivity index (χ1v) is 6.20. The zero-order valence-corrected chi connectivity index (χ0v) is 9.91. The van der Waals surface area contributed by atoms with Gasteiger partial charge in [0.15, 0.2) is 5.82 Å². The molecule has 0 aliphatic carbocycles. The van der Waals surface area contributed by atoms with E-state index in [1.165, 1.54) is 13.0 Å². The molecule has 1 unspecified atom stereocenters. The summed E-state index contributed by atoms with van der Waals surface area (Å²) in [5.74, 6) is -0.983. The Morgan fingerprint density at radius 3 is 2.76 bits per heavy atom. The Hall–Kier alpha value is -1.09. The average Bonchev–Trinajstić information content (AvgIpc) is 2.27. The lowest BCUT2D eigenvalue weighted by atomic mass is 10.1. The Kier molecular flexibility index (Phi) is 4.15. The number of nitrogens with one attached hydrogen (secondary N) is 1. The minimum absolute atomic E-state index is 0.443. The minimum atomic E-state index is -4.14. The molecule has 0 aromatic carbocycles. The second kappa shape index (κ2) is 5.05. The molecule has 8 heteroatoms. The second-order valence-corrected chi connectivity index (χ2v) is 5.45. The van der Waals surface area contributed by atoms with E-state index in [0.717, 1.165) is 12.3 Å². The maximum Gasteiger partial charge on any atom is 0.261 e. The van der Waals surface area contributed by atoms with Gasteiger partial charge in [0.2, 0.25) is 5.03 Å². The Bertz CT molecular complexity index is 490. The molecule has 0 radical (unpaired) electrons. The van der Waals surface area contributed by atoms with Crippen LogP contribution in [0, 0.1) is 5.82 Å². The van der Waals surface area contributed by atoms with Gasteiger partial charge in [-0.2, -0.15) is 0 Å². The maximum atomic E-state index is 13.2. The van der Waals surface area contributed by atoms with Crippen LogP contribution >= 0.6 is 0 Å². The largest absolute Gasteiger partial charge is 0.393 e. The lowest BCUT2D eigenvalue weighted by Crippen LogP contribution is -2.43. The molecule has 0 amide bonds. The summed E-state index contributed by atoms with van der Waals surface area (Å²) in [6.07, 6.45) is 1.14. The summed E-state index contributed by atoms with van der Waals surface area (Å²) in [6.45, 7) is 0.173. The van der Waals surface area contributed by atoms with Gasteiger partial charge in [-0.25, -0.2) is 22.5 Å². The van der Waals surface area contributed by atoms with Gasteiger partial charge in [-0.3, -0.25) is 0 Å². The van der Waals surface area contributed by atoms with E-state index in [2.05, 4.69) is 4.98 Å². The Morgan fingerprint density at radius 1 is 1.59 bits per heavy atom. The van der Waals surface area contributed by atoms with Crippen molar-refractivity contribution in [1.29, 1.82) is 0 Å². The number of aliphatic hydroxyl groups excluding tert-OH is 1. The number of halogens is 1. The van der Waals surface area contributed by atoms with Crippen molar-refractivity contribution >= 4 is 10.0 Å². The average molecular weight is 264 g/mol. The third-order valence-electron chi connectivity index (χ3n) is 1.96. The van der Waals surface area contributed by atoms with Gasteiger partial charge in [0.25, 0.3) is 10.0 Å². The second-order valence-electron chi connectivity index (χ2n) is 3.77. The first kappa shape index (κ1) is 14.0. The number of hydrogen-bond acceptors (Lipinski definition) is 5. The normalized spacial score (nSPS) is 15.5. The predicted octanol–water partition coefficient (Wildman–Crippen LogP) is -0.758. The SMILES string of the molecule is CC(O)(CO)CNS(=O)(=O)c1ncccc1F. The van der Waals surface area contributed by atoms with E-state index in [-0.39, 0.29) is 0 Å². The highest BCUT2D eigenvalue weighted by Gasteiger charge is 2.25. The highest BCUT2D eigenvalue weighted by Crippen LogP contribution is 2.10. The van der Waals surface area contributed by atoms with Gasteiger partial charge in [0.05, 0.1) is 12.2 Å². The summed E-state index contributed by atoms with van der Waals surface area (Å²) >= 11 is 0. The van der Waals surface area contributed by atoms with Gasteiger partial charge in [-0.1, -0.05) is 0 Å². The molecule has 3 N–H and O–H groups in total. The molecule has 0 saturated carbocycles. The molecular weight excluding hydrogens is 251 g/mol. The molecular formula is C9H13FN2O4S. The van der Waals surface area contributed by atoms with Crippen LogP contribution in [0.1, 0.15) is 6.92 Å². The molecule has 0 fully saturated rings. The van der Waals surface area contributed by atoms with Gasteiger partial charge >= 0.3 is 0 Å². The van der Waals surface area contributed by atoms with Gasteiger partial charge in [0.1, 0.15) is 0 Å². The number of hydrogen-bond donors (Lipinski definition) is 3. The minimum Gasteiger partial charge on any atom is -0.393 e. The highest BCUT2D eigenvalue weighted by molar-refractivity contribution is 7.89. The number of rotatable bonds is 5. The number of nitrogens with zero attached hydrogens (tertiary/aromatic N) is 1. The fraction of sp³-hybridized carbons (Fsp3) is 0.444. The van der Waals surface area contributed by atoms with Crippen LogP contribution in [0.5, 0.6) is 0 Å². The van der Waals surface area contributed by atoms with Crippen LogP contribution in [0.3, 0.4) is 0 Å². The van der Waals surface area contributed by atoms with Gasteiger partial charge in [-0.05, 0) is 19.1 Å². The monoisotopic (exact) mass is 264 g/mol. The number of pyridine rings is 1. The van der Waals surface area contributed by atoms with Crippen molar-refractivity contribution in [2.24, 2.45) is 0 Å². The molecule has 1 atom stereocenters. The van der Waals surface area contributed by atoms with E-state index < -0.39 is 39.6 Å². The maximum absolute atomic E-state index is 13.2. The van der Waals surface area contributed by atoms with E-state index >= 15 is 0 Å². The van der Waals surface area contributed by atoms with Gasteiger partial charge in [0, 0.05) is 12.7 Å². The van der Waals surface area contributed by atoms with Crippen LogP contribution in [0.15, 0.2) is 23.4 Å². The summed E-state index contributed by atoms with van der Waals surface area (Å²) in [7, 11) is -4.14. The Morgan fingerprint density at radius 2 is 2.24 bits per heavy atom. The topological polar surface area (TPSA) is 99.5 Å². The first-order valence-electron chi connectivity index (χ1n) is 4.72. The summed E-state index contributed by atoms with van der Waals surface area (Å²) in [5.41, 5.74) is -1.61. The zero-order valence-electron chi connectivity index (χ0n) is 9.09. The van der Waals surface area contributed by atoms with Crippen molar-refractivity contribution in [3.8, 4) is 0 Å². The molecule has 6 nitrogen and oxygen atoms in total. The standard InChI is InChI=1S/C9H13FN2O4S/c1-9(14,6-13)5-12-17(15,16)8-7(10)3-2-4-11-8/h2-4,12-14H,5-6H2,1H3. The number of aliphatic hydroxyl groups is 2. The van der Waals surface area contributed by atoms with Crippen molar-refractivity contribution < 1.29 is 23.0 Å². The van der Waals surface area contributed by atoms with Crippen molar-refractivity contribution in [2.45, 2.75) is 17.6 Å². The summed E-state index contributed by atoms with van der Waals surface area (Å²) in [6, 6.07) is 2.23. The van der Waals surface area contributed by atoms with Crippen molar-refractivity contribution in [3.05, 3.63) is 24.1 Å². The van der Waals surface area contributed by atoms with Crippen LogP contribution in [0.25, 0.3) is 0 Å². The Labute approximate surface area is 98.2 Å². The third-order valence-corrected chi connectivity index (χ3v) is 3.30. The molecule has 1 aromatic rings. The lowest BCUT2D eigenvalue weighted by molar-refractivity contribution is 0.00679. The van der Waals surface area contributed by atoms with E-state index in [9.17, 15) is 17.9 Å². The summed E-state index contributed by atoms with van der Waals surface area (Å²) in [5, 5.41) is 17.4. The third kappa shape index (κ3) is 3.70. The van der Waals surface area contributed by atoms with Crippen LogP contribution < -0.4 is 4.72 Å². The van der Waals surface area contributed by atoms with Gasteiger partial charge < -0.3 is 10.2 Å². The molecule has 96 valence electrons. The van der Waals surface area contributed by atoms with Gasteiger partial charge in [-0.15, -0.1) is 0 Å². The summed E-state index contributed by atoms with van der Waals surface area (Å²) in [4.78, 5) is 3.41. The molecule has 1 rings (SSSR count). The van der Waals surface area contributed by atoms with Crippen LogP contribution in [-0.4, -0.2) is 42.4 Å². The molecule has 0 bridgehead atoms. The smallest absolute Gasteiger partial charge is 0.261 e. The number of aromatic nitrogens is 1. The molecule has 1 heterocycles.